The lowest BCUT2D eigenvalue weighted by Crippen LogP contribution is -2.35. The van der Waals surface area contributed by atoms with E-state index in [1.54, 1.807) is 19.4 Å². The van der Waals surface area contributed by atoms with Crippen molar-refractivity contribution in [3.63, 3.8) is 0 Å². The van der Waals surface area contributed by atoms with Crippen LogP contribution in [-0.2, 0) is 16.1 Å². The third-order valence-electron chi connectivity index (χ3n) is 6.68. The molecule has 3 N–H and O–H groups in total. The molecule has 1 aromatic heterocycles. The lowest BCUT2D eigenvalue weighted by Gasteiger charge is -2.17. The second kappa shape index (κ2) is 14.9. The number of unbranched alkanes of at least 4 members (excludes halogenated alkanes) is 1. The van der Waals surface area contributed by atoms with Crippen LogP contribution in [0.3, 0.4) is 0 Å². The van der Waals surface area contributed by atoms with Gasteiger partial charge in [0.1, 0.15) is 17.5 Å². The molecule has 4 rings (SSSR count). The molecule has 41 heavy (non-hydrogen) atoms. The Bertz CT molecular complexity index is 1400. The third kappa shape index (κ3) is 8.59. The summed E-state index contributed by atoms with van der Waals surface area (Å²) in [5, 5.41) is 4.20. The molecule has 0 fully saturated rings. The molecule has 4 aromatic rings. The van der Waals surface area contributed by atoms with E-state index in [4.69, 9.17) is 24.7 Å². The van der Waals surface area contributed by atoms with Gasteiger partial charge in [0.05, 0.1) is 25.3 Å². The van der Waals surface area contributed by atoms with Crippen molar-refractivity contribution in [2.45, 2.75) is 58.2 Å². The van der Waals surface area contributed by atoms with E-state index >= 15 is 0 Å². The van der Waals surface area contributed by atoms with Crippen molar-refractivity contribution in [3.05, 3.63) is 84.6 Å². The smallest absolute Gasteiger partial charge is 0.323 e. The molecule has 0 aliphatic carbocycles. The van der Waals surface area contributed by atoms with Gasteiger partial charge in [-0.1, -0.05) is 50.1 Å². The number of hydrogen-bond acceptors (Lipinski definition) is 8. The van der Waals surface area contributed by atoms with Gasteiger partial charge in [-0.25, -0.2) is 0 Å². The maximum Gasteiger partial charge on any atom is 0.323 e. The number of nitrogens with two attached hydrogens (primary N) is 1. The number of anilines is 1. The Hall–Kier alpha value is -4.30. The Kier molecular flexibility index (Phi) is 10.8. The molecule has 0 saturated heterocycles. The summed E-state index contributed by atoms with van der Waals surface area (Å²) in [5.41, 5.74) is 8.95. The normalized spacial score (nSPS) is 12.4. The number of ether oxygens (including phenoxy) is 4. The van der Waals surface area contributed by atoms with Gasteiger partial charge in [-0.2, -0.15) is 0 Å². The maximum absolute atomic E-state index is 12.3. The van der Waals surface area contributed by atoms with E-state index in [1.165, 1.54) is 5.56 Å². The number of benzene rings is 3. The van der Waals surface area contributed by atoms with E-state index in [0.29, 0.717) is 34.9 Å². The second-order valence-corrected chi connectivity index (χ2v) is 9.93. The van der Waals surface area contributed by atoms with Crippen molar-refractivity contribution >= 4 is 22.6 Å². The van der Waals surface area contributed by atoms with Crippen LogP contribution in [0.4, 0.5) is 5.69 Å². The molecule has 2 atom stereocenters. The van der Waals surface area contributed by atoms with Crippen LogP contribution < -0.4 is 25.3 Å². The minimum atomic E-state index is -0.761. The van der Waals surface area contributed by atoms with E-state index in [1.807, 2.05) is 61.5 Å². The summed E-state index contributed by atoms with van der Waals surface area (Å²) >= 11 is 0. The number of nitrogens with zero attached hydrogens (tertiary/aromatic N) is 1. The van der Waals surface area contributed by atoms with Crippen molar-refractivity contribution in [1.29, 1.82) is 0 Å². The second-order valence-electron chi connectivity index (χ2n) is 9.93. The third-order valence-corrected chi connectivity index (χ3v) is 6.68. The number of methoxy groups -OCH3 is 1. The molecule has 0 aliphatic heterocycles. The highest BCUT2D eigenvalue weighted by molar-refractivity contribution is 5.88. The number of carbonyl (C=O) groups is 1. The number of hydrogen-bond donors (Lipinski definition) is 2. The van der Waals surface area contributed by atoms with Crippen molar-refractivity contribution in [3.8, 4) is 23.0 Å². The molecule has 8 heteroatoms. The highest BCUT2D eigenvalue weighted by Crippen LogP contribution is 2.37. The number of aromatic nitrogens is 1. The molecule has 0 amide bonds. The first-order chi connectivity index (χ1) is 20.0. The van der Waals surface area contributed by atoms with E-state index in [0.717, 1.165) is 36.9 Å². The van der Waals surface area contributed by atoms with Crippen LogP contribution in [0.1, 0.15) is 45.1 Å². The number of fused-ring (bicyclic) bond motifs is 1. The number of rotatable bonds is 15. The zero-order valence-electron chi connectivity index (χ0n) is 24.0. The predicted molar refractivity (Wildman–Crippen MR) is 162 cm³/mol. The highest BCUT2D eigenvalue weighted by atomic mass is 16.5. The van der Waals surface area contributed by atoms with Crippen molar-refractivity contribution in [2.24, 2.45) is 5.73 Å². The Balaban J connectivity index is 1.37. The SMILES string of the molecule is CCCCC(C)OC(=O)[C@@H](N)CCOc1cc2nccc(Oc3ccc(NCc4ccccc4)cc3)c2cc1OC. The summed E-state index contributed by atoms with van der Waals surface area (Å²) in [6.45, 7) is 4.96. The van der Waals surface area contributed by atoms with Crippen LogP contribution in [0.2, 0.25) is 0 Å². The largest absolute Gasteiger partial charge is 0.493 e. The van der Waals surface area contributed by atoms with E-state index in [2.05, 4.69) is 29.4 Å². The average molecular weight is 558 g/mol. The number of esters is 1. The minimum Gasteiger partial charge on any atom is -0.493 e. The molecule has 1 heterocycles. The van der Waals surface area contributed by atoms with Gasteiger partial charge in [-0.15, -0.1) is 0 Å². The van der Waals surface area contributed by atoms with Gasteiger partial charge in [0.2, 0.25) is 0 Å². The summed E-state index contributed by atoms with van der Waals surface area (Å²) in [6, 6.07) is 22.8. The summed E-state index contributed by atoms with van der Waals surface area (Å²) < 4.78 is 23.2. The van der Waals surface area contributed by atoms with Gasteiger partial charge in [0.25, 0.3) is 0 Å². The van der Waals surface area contributed by atoms with Crippen LogP contribution in [0.25, 0.3) is 10.9 Å². The van der Waals surface area contributed by atoms with Gasteiger partial charge in [0.15, 0.2) is 11.5 Å². The van der Waals surface area contributed by atoms with Gasteiger partial charge in [-0.3, -0.25) is 9.78 Å². The standard InChI is InChI=1S/C33H39N3O5/c1-4-5-9-23(2)40-33(37)28(34)17-19-39-32-21-29-27(20-31(32)38-3)30(16-18-35-29)41-26-14-12-25(13-15-26)36-22-24-10-7-6-8-11-24/h6-8,10-16,18,20-21,23,28,36H,4-5,9,17,19,22,34H2,1-3H3/t23?,28-/m0/s1. The molecular weight excluding hydrogens is 518 g/mol. The Morgan fingerprint density at radius 2 is 1.76 bits per heavy atom. The molecule has 1 unspecified atom stereocenters. The molecule has 0 aliphatic rings. The van der Waals surface area contributed by atoms with Gasteiger partial charge in [-0.05, 0) is 55.3 Å². The molecule has 0 saturated carbocycles. The van der Waals surface area contributed by atoms with Crippen molar-refractivity contribution < 1.29 is 23.7 Å². The fourth-order valence-electron chi connectivity index (χ4n) is 4.31. The Labute approximate surface area is 241 Å². The first-order valence-corrected chi connectivity index (χ1v) is 14.1. The summed E-state index contributed by atoms with van der Waals surface area (Å²) in [4.78, 5) is 16.8. The monoisotopic (exact) mass is 557 g/mol. The Morgan fingerprint density at radius 3 is 2.49 bits per heavy atom. The van der Waals surface area contributed by atoms with Crippen molar-refractivity contribution in [1.82, 2.24) is 4.98 Å². The molecule has 0 bridgehead atoms. The fraction of sp³-hybridized carbons (Fsp3) is 0.333. The number of pyridine rings is 1. The molecule has 8 nitrogen and oxygen atoms in total. The number of nitrogens with one attached hydrogen (secondary N) is 1. The topological polar surface area (TPSA) is 105 Å². The summed E-state index contributed by atoms with van der Waals surface area (Å²) in [7, 11) is 1.58. The minimum absolute atomic E-state index is 0.147. The lowest BCUT2D eigenvalue weighted by atomic mass is 10.1. The Morgan fingerprint density at radius 1 is 0.976 bits per heavy atom. The average Bonchev–Trinajstić information content (AvgIpc) is 3.00. The zero-order chi connectivity index (χ0) is 29.0. The van der Waals surface area contributed by atoms with Gasteiger partial charge < -0.3 is 30.0 Å². The van der Waals surface area contributed by atoms with Gasteiger partial charge >= 0.3 is 5.97 Å². The maximum atomic E-state index is 12.3. The van der Waals surface area contributed by atoms with Crippen LogP contribution in [0, 0.1) is 0 Å². The lowest BCUT2D eigenvalue weighted by molar-refractivity contribution is -0.150. The van der Waals surface area contributed by atoms with E-state index in [-0.39, 0.29) is 12.7 Å². The predicted octanol–water partition coefficient (Wildman–Crippen LogP) is 6.87. The molecule has 0 radical (unpaired) electrons. The summed E-state index contributed by atoms with van der Waals surface area (Å²) in [6.07, 6.45) is 4.75. The highest BCUT2D eigenvalue weighted by Gasteiger charge is 2.19. The molecule has 216 valence electrons. The van der Waals surface area contributed by atoms with Crippen LogP contribution >= 0.6 is 0 Å². The van der Waals surface area contributed by atoms with E-state index in [9.17, 15) is 4.79 Å². The van der Waals surface area contributed by atoms with Crippen LogP contribution in [0.5, 0.6) is 23.0 Å². The molecule has 3 aromatic carbocycles. The van der Waals surface area contributed by atoms with Crippen molar-refractivity contribution in [2.75, 3.05) is 19.0 Å². The van der Waals surface area contributed by atoms with E-state index < -0.39 is 12.0 Å². The van der Waals surface area contributed by atoms with Crippen LogP contribution in [0.15, 0.2) is 79.0 Å². The molecule has 0 spiro atoms. The first kappa shape index (κ1) is 29.7. The quantitative estimate of drug-likeness (QED) is 0.153. The fourth-order valence-corrected chi connectivity index (χ4v) is 4.31. The number of carbonyl (C=O) groups excluding carboxylic acids is 1. The van der Waals surface area contributed by atoms with Gasteiger partial charge in [0, 0.05) is 36.3 Å². The molecular formula is C33H39N3O5. The van der Waals surface area contributed by atoms with Crippen LogP contribution in [-0.4, -0.2) is 36.8 Å². The zero-order valence-corrected chi connectivity index (χ0v) is 24.0. The summed E-state index contributed by atoms with van der Waals surface area (Å²) in [5.74, 6) is 1.97. The first-order valence-electron chi connectivity index (χ1n) is 14.1.